The van der Waals surface area contributed by atoms with Gasteiger partial charge in [-0.05, 0) is 73.9 Å². The summed E-state index contributed by atoms with van der Waals surface area (Å²) in [5.74, 6) is 2.52. The van der Waals surface area contributed by atoms with Crippen LogP contribution in [0.25, 0.3) is 0 Å². The van der Waals surface area contributed by atoms with Crippen LogP contribution in [-0.4, -0.2) is 33.1 Å². The van der Waals surface area contributed by atoms with Gasteiger partial charge in [0.15, 0.2) is 0 Å². The van der Waals surface area contributed by atoms with Crippen LogP contribution < -0.4 is 14.2 Å². The molecular formula is C24H29NO4. The van der Waals surface area contributed by atoms with Gasteiger partial charge >= 0.3 is 0 Å². The van der Waals surface area contributed by atoms with Crippen LogP contribution in [0.3, 0.4) is 0 Å². The van der Waals surface area contributed by atoms with Gasteiger partial charge in [-0.3, -0.25) is 0 Å². The van der Waals surface area contributed by atoms with E-state index in [9.17, 15) is 0 Å². The zero-order valence-electron chi connectivity index (χ0n) is 17.6. The lowest BCUT2D eigenvalue weighted by atomic mass is 10.1. The van der Waals surface area contributed by atoms with Gasteiger partial charge in [0.25, 0.3) is 0 Å². The van der Waals surface area contributed by atoms with Crippen molar-refractivity contribution in [3.63, 3.8) is 0 Å². The molecule has 0 aliphatic carbocycles. The van der Waals surface area contributed by atoms with E-state index in [1.54, 1.807) is 6.21 Å². The van der Waals surface area contributed by atoms with Crippen molar-refractivity contribution >= 4 is 6.21 Å². The quantitative estimate of drug-likeness (QED) is 0.296. The zero-order valence-corrected chi connectivity index (χ0v) is 17.6. The molecule has 0 atom stereocenters. The smallest absolute Gasteiger partial charge is 0.125 e. The molecule has 0 heterocycles. The number of ether oxygens (including phenoxy) is 3. The molecule has 0 saturated heterocycles. The van der Waals surface area contributed by atoms with Crippen LogP contribution in [-0.2, 0) is 4.84 Å². The Morgan fingerprint density at radius 1 is 0.828 bits per heavy atom. The van der Waals surface area contributed by atoms with E-state index in [0.29, 0.717) is 19.8 Å². The Morgan fingerprint density at radius 2 is 1.48 bits per heavy atom. The minimum atomic E-state index is 0.462. The summed E-state index contributed by atoms with van der Waals surface area (Å²) < 4.78 is 17.3. The highest BCUT2D eigenvalue weighted by Crippen LogP contribution is 2.28. The predicted molar refractivity (Wildman–Crippen MR) is 117 cm³/mol. The Kier molecular flexibility index (Phi) is 9.36. The number of rotatable bonds is 11. The van der Waals surface area contributed by atoms with Crippen LogP contribution in [0.4, 0.5) is 0 Å². The Morgan fingerprint density at radius 3 is 2.17 bits per heavy atom. The van der Waals surface area contributed by atoms with Gasteiger partial charge in [-0.15, -0.1) is 0 Å². The summed E-state index contributed by atoms with van der Waals surface area (Å²) in [4.78, 5) is 4.69. The molecule has 154 valence electrons. The van der Waals surface area contributed by atoms with Crippen molar-refractivity contribution in [2.45, 2.75) is 20.8 Å². The van der Waals surface area contributed by atoms with Gasteiger partial charge in [0.05, 0.1) is 6.21 Å². The molecule has 29 heavy (non-hydrogen) atoms. The minimum absolute atomic E-state index is 0.462. The average molecular weight is 395 g/mol. The number of oxime groups is 1. The Hall–Kier alpha value is -3.21. The molecule has 5 heteroatoms. The number of hydrogen-bond acceptors (Lipinski definition) is 5. The number of aryl methyl sites for hydroxylation is 2. The van der Waals surface area contributed by atoms with E-state index in [-0.39, 0.29) is 0 Å². The van der Waals surface area contributed by atoms with Crippen LogP contribution in [0.5, 0.6) is 17.2 Å². The summed E-state index contributed by atoms with van der Waals surface area (Å²) in [5, 5.41) is 3.75. The van der Waals surface area contributed by atoms with Gasteiger partial charge in [-0.2, -0.15) is 0 Å². The first-order valence-electron chi connectivity index (χ1n) is 9.56. The van der Waals surface area contributed by atoms with Crippen LogP contribution in [0.1, 0.15) is 23.6 Å². The second-order valence-electron chi connectivity index (χ2n) is 6.35. The molecule has 0 N–H and O–H groups in total. The standard InChI is InChI=1S/C24H29NO4/c1-5-6-12-28-23-15-19(2)24(20(3)16-23)29-14-8-7-13-27-22-11-9-10-21(17-22)18-25-26-4/h5-11,15-18H,12-14H2,1-4H3/b6-5+,8-7+,25-18?. The van der Waals surface area contributed by atoms with E-state index >= 15 is 0 Å². The molecular weight excluding hydrogens is 366 g/mol. The molecule has 0 aliphatic heterocycles. The number of benzene rings is 2. The van der Waals surface area contributed by atoms with E-state index < -0.39 is 0 Å². The van der Waals surface area contributed by atoms with E-state index in [1.165, 1.54) is 7.11 Å². The first-order chi connectivity index (χ1) is 14.1. The van der Waals surface area contributed by atoms with Crippen molar-refractivity contribution < 1.29 is 19.0 Å². The van der Waals surface area contributed by atoms with E-state index in [2.05, 4.69) is 9.99 Å². The molecule has 2 aromatic carbocycles. The van der Waals surface area contributed by atoms with Gasteiger partial charge in [0.1, 0.15) is 44.2 Å². The first kappa shape index (κ1) is 22.1. The summed E-state index contributed by atoms with van der Waals surface area (Å²) in [6.45, 7) is 7.54. The third-order valence-corrected chi connectivity index (χ3v) is 4.02. The molecule has 0 spiro atoms. The SMILES string of the molecule is C/C=C/COc1cc(C)c(OC/C=C/COc2cccc(C=NOC)c2)c(C)c1. The maximum absolute atomic E-state index is 5.92. The third-order valence-electron chi connectivity index (χ3n) is 4.02. The number of nitrogens with zero attached hydrogens (tertiary/aromatic N) is 1. The fourth-order valence-electron chi connectivity index (χ4n) is 2.67. The fourth-order valence-corrected chi connectivity index (χ4v) is 2.67. The van der Waals surface area contributed by atoms with E-state index in [1.807, 2.05) is 81.5 Å². The molecule has 0 amide bonds. The molecule has 2 aromatic rings. The highest BCUT2D eigenvalue weighted by atomic mass is 16.6. The first-order valence-corrected chi connectivity index (χ1v) is 9.56. The van der Waals surface area contributed by atoms with Crippen molar-refractivity contribution in [1.82, 2.24) is 0 Å². The molecule has 0 radical (unpaired) electrons. The normalized spacial score (nSPS) is 11.4. The topological polar surface area (TPSA) is 49.3 Å². The van der Waals surface area contributed by atoms with E-state index in [4.69, 9.17) is 14.2 Å². The van der Waals surface area contributed by atoms with Gasteiger partial charge < -0.3 is 19.0 Å². The molecule has 0 fully saturated rings. The lowest BCUT2D eigenvalue weighted by molar-refractivity contribution is 0.215. The summed E-state index contributed by atoms with van der Waals surface area (Å²) in [7, 11) is 1.51. The van der Waals surface area contributed by atoms with Crippen LogP contribution in [0, 0.1) is 13.8 Å². The Labute approximate surface area is 173 Å². The van der Waals surface area contributed by atoms with Crippen molar-refractivity contribution in [2.75, 3.05) is 26.9 Å². The summed E-state index contributed by atoms with van der Waals surface area (Å²) in [5.41, 5.74) is 3.03. The summed E-state index contributed by atoms with van der Waals surface area (Å²) in [6.07, 6.45) is 9.48. The molecule has 2 rings (SSSR count). The molecule has 0 aliphatic rings. The number of hydrogen-bond donors (Lipinski definition) is 0. The second-order valence-corrected chi connectivity index (χ2v) is 6.35. The van der Waals surface area contributed by atoms with Gasteiger partial charge in [-0.1, -0.05) is 29.4 Å². The van der Waals surface area contributed by atoms with E-state index in [0.717, 1.165) is 33.9 Å². The molecule has 0 aromatic heterocycles. The largest absolute Gasteiger partial charge is 0.490 e. The van der Waals surface area contributed by atoms with Crippen molar-refractivity contribution in [3.8, 4) is 17.2 Å². The van der Waals surface area contributed by atoms with Gasteiger partial charge in [-0.25, -0.2) is 0 Å². The molecule has 0 unspecified atom stereocenters. The number of allylic oxidation sites excluding steroid dienone is 1. The predicted octanol–water partition coefficient (Wildman–Crippen LogP) is 5.25. The minimum Gasteiger partial charge on any atom is -0.490 e. The summed E-state index contributed by atoms with van der Waals surface area (Å²) in [6, 6.07) is 11.6. The van der Waals surface area contributed by atoms with Crippen molar-refractivity contribution in [2.24, 2.45) is 5.16 Å². The Balaban J connectivity index is 1.81. The highest BCUT2D eigenvalue weighted by Gasteiger charge is 2.06. The zero-order chi connectivity index (χ0) is 20.9. The van der Waals surface area contributed by atoms with Crippen LogP contribution in [0.2, 0.25) is 0 Å². The molecule has 5 nitrogen and oxygen atoms in total. The third kappa shape index (κ3) is 7.74. The van der Waals surface area contributed by atoms with Crippen molar-refractivity contribution in [3.05, 3.63) is 77.4 Å². The fraction of sp³-hybridized carbons (Fsp3) is 0.292. The second kappa shape index (κ2) is 12.3. The lowest BCUT2D eigenvalue weighted by Crippen LogP contribution is -2.01. The monoisotopic (exact) mass is 395 g/mol. The van der Waals surface area contributed by atoms with Gasteiger partial charge in [0.2, 0.25) is 0 Å². The van der Waals surface area contributed by atoms with Crippen LogP contribution >= 0.6 is 0 Å². The van der Waals surface area contributed by atoms with Gasteiger partial charge in [0, 0.05) is 0 Å². The Bertz CT molecular complexity index is 833. The molecule has 0 bridgehead atoms. The van der Waals surface area contributed by atoms with Crippen molar-refractivity contribution in [1.29, 1.82) is 0 Å². The summed E-state index contributed by atoms with van der Waals surface area (Å²) >= 11 is 0. The molecule has 0 saturated carbocycles. The lowest BCUT2D eigenvalue weighted by Gasteiger charge is -2.13. The van der Waals surface area contributed by atoms with Crippen LogP contribution in [0.15, 0.2) is 65.9 Å². The maximum Gasteiger partial charge on any atom is 0.125 e. The average Bonchev–Trinajstić information content (AvgIpc) is 2.71. The maximum atomic E-state index is 5.92. The highest BCUT2D eigenvalue weighted by molar-refractivity contribution is 5.79.